The second kappa shape index (κ2) is 5.25. The van der Waals surface area contributed by atoms with Crippen LogP contribution in [0.25, 0.3) is 0 Å². The molecule has 0 aliphatic carbocycles. The first-order valence-corrected chi connectivity index (χ1v) is 6.42. The van der Waals surface area contributed by atoms with Gasteiger partial charge in [0.2, 0.25) is 0 Å². The summed E-state index contributed by atoms with van der Waals surface area (Å²) in [7, 11) is 1.63. The number of hydrogen-bond donors (Lipinski definition) is 0. The molecule has 4 heteroatoms. The fourth-order valence-electron chi connectivity index (χ4n) is 2.21. The van der Waals surface area contributed by atoms with Crippen molar-refractivity contribution in [3.63, 3.8) is 0 Å². The van der Waals surface area contributed by atoms with E-state index in [2.05, 4.69) is 0 Å². The number of rotatable bonds is 3. The summed E-state index contributed by atoms with van der Waals surface area (Å²) in [6.45, 7) is 0.805. The Morgan fingerprint density at radius 3 is 2.65 bits per heavy atom. The zero-order valence-electron chi connectivity index (χ0n) is 11.2. The molecule has 0 bridgehead atoms. The summed E-state index contributed by atoms with van der Waals surface area (Å²) < 4.78 is 10.7. The molecule has 0 spiro atoms. The molecular weight excluding hydrogens is 254 g/mol. The topological polar surface area (TPSA) is 38.8 Å². The highest BCUT2D eigenvalue weighted by Crippen LogP contribution is 2.25. The summed E-state index contributed by atoms with van der Waals surface area (Å²) in [6.07, 6.45) is 0. The van der Waals surface area contributed by atoms with E-state index in [4.69, 9.17) is 9.47 Å². The van der Waals surface area contributed by atoms with Gasteiger partial charge in [0.25, 0.3) is 5.91 Å². The molecule has 20 heavy (non-hydrogen) atoms. The number of carbonyl (C=O) groups is 1. The lowest BCUT2D eigenvalue weighted by atomic mass is 10.1. The molecule has 0 saturated heterocycles. The number of benzene rings is 2. The van der Waals surface area contributed by atoms with Crippen molar-refractivity contribution in [3.05, 3.63) is 59.7 Å². The number of amides is 1. The van der Waals surface area contributed by atoms with Gasteiger partial charge in [0, 0.05) is 6.54 Å². The Morgan fingerprint density at radius 1 is 1.15 bits per heavy atom. The van der Waals surface area contributed by atoms with E-state index in [0.717, 1.165) is 11.3 Å². The zero-order valence-corrected chi connectivity index (χ0v) is 11.2. The highest BCUT2D eigenvalue weighted by molar-refractivity contribution is 5.97. The van der Waals surface area contributed by atoms with Gasteiger partial charge < -0.3 is 14.4 Å². The Kier molecular flexibility index (Phi) is 3.29. The van der Waals surface area contributed by atoms with E-state index >= 15 is 0 Å². The Morgan fingerprint density at radius 2 is 1.90 bits per heavy atom. The standard InChI is InChI=1S/C16H15NO3/c1-19-13-8-6-12(7-9-13)10-17-11-20-15-5-3-2-4-14(15)16(17)18/h2-9H,10-11H2,1H3. The first-order chi connectivity index (χ1) is 9.78. The largest absolute Gasteiger partial charge is 0.497 e. The lowest BCUT2D eigenvalue weighted by Crippen LogP contribution is -2.37. The summed E-state index contributed by atoms with van der Waals surface area (Å²) in [5, 5.41) is 0. The van der Waals surface area contributed by atoms with Crippen LogP contribution in [0.15, 0.2) is 48.5 Å². The zero-order chi connectivity index (χ0) is 13.9. The van der Waals surface area contributed by atoms with Gasteiger partial charge in [-0.3, -0.25) is 4.79 Å². The van der Waals surface area contributed by atoms with Crippen LogP contribution < -0.4 is 9.47 Å². The SMILES string of the molecule is COc1ccc(CN2COc3ccccc3C2=O)cc1. The van der Waals surface area contributed by atoms with E-state index in [0.29, 0.717) is 17.9 Å². The molecule has 2 aromatic rings. The molecule has 0 unspecified atom stereocenters. The van der Waals surface area contributed by atoms with Gasteiger partial charge in [-0.1, -0.05) is 24.3 Å². The van der Waals surface area contributed by atoms with E-state index in [9.17, 15) is 4.79 Å². The third-order valence-corrected chi connectivity index (χ3v) is 3.31. The number of hydrogen-bond acceptors (Lipinski definition) is 3. The Bertz CT molecular complexity index is 622. The predicted molar refractivity (Wildman–Crippen MR) is 74.8 cm³/mol. The van der Waals surface area contributed by atoms with Crippen LogP contribution in [0, 0.1) is 0 Å². The van der Waals surface area contributed by atoms with Gasteiger partial charge in [-0.15, -0.1) is 0 Å². The smallest absolute Gasteiger partial charge is 0.260 e. The summed E-state index contributed by atoms with van der Waals surface area (Å²) in [5.41, 5.74) is 1.66. The number of nitrogens with zero attached hydrogens (tertiary/aromatic N) is 1. The molecule has 1 amide bonds. The normalized spacial score (nSPS) is 13.7. The molecule has 0 fully saturated rings. The first-order valence-electron chi connectivity index (χ1n) is 6.42. The third kappa shape index (κ3) is 2.32. The number of fused-ring (bicyclic) bond motifs is 1. The molecule has 0 saturated carbocycles. The maximum atomic E-state index is 12.4. The summed E-state index contributed by atoms with van der Waals surface area (Å²) in [4.78, 5) is 14.1. The Balaban J connectivity index is 1.77. The van der Waals surface area contributed by atoms with Crippen molar-refractivity contribution in [2.45, 2.75) is 6.54 Å². The first kappa shape index (κ1) is 12.5. The number of ether oxygens (including phenoxy) is 2. The Labute approximate surface area is 117 Å². The van der Waals surface area contributed by atoms with E-state index in [1.54, 1.807) is 18.1 Å². The predicted octanol–water partition coefficient (Wildman–Crippen LogP) is 2.69. The maximum absolute atomic E-state index is 12.4. The third-order valence-electron chi connectivity index (χ3n) is 3.31. The number of carbonyl (C=O) groups excluding carboxylic acids is 1. The highest BCUT2D eigenvalue weighted by atomic mass is 16.5. The minimum atomic E-state index is 0.00247. The van der Waals surface area contributed by atoms with Gasteiger partial charge in [0.1, 0.15) is 11.5 Å². The molecule has 1 heterocycles. The molecule has 0 aromatic heterocycles. The maximum Gasteiger partial charge on any atom is 0.260 e. The van der Waals surface area contributed by atoms with Gasteiger partial charge in [-0.05, 0) is 29.8 Å². The highest BCUT2D eigenvalue weighted by Gasteiger charge is 2.24. The molecule has 3 rings (SSSR count). The fraction of sp³-hybridized carbons (Fsp3) is 0.188. The van der Waals surface area contributed by atoms with Crippen LogP contribution in [0.5, 0.6) is 11.5 Å². The van der Waals surface area contributed by atoms with Crippen LogP contribution in [0.4, 0.5) is 0 Å². The quantitative estimate of drug-likeness (QED) is 0.860. The number of methoxy groups -OCH3 is 1. The lowest BCUT2D eigenvalue weighted by Gasteiger charge is -2.28. The van der Waals surface area contributed by atoms with E-state index in [-0.39, 0.29) is 12.6 Å². The van der Waals surface area contributed by atoms with E-state index in [1.165, 1.54) is 0 Å². The van der Waals surface area contributed by atoms with Gasteiger partial charge in [0.15, 0.2) is 6.73 Å². The minimum Gasteiger partial charge on any atom is -0.497 e. The minimum absolute atomic E-state index is 0.00247. The molecular formula is C16H15NO3. The molecule has 2 aromatic carbocycles. The van der Waals surface area contributed by atoms with Gasteiger partial charge in [-0.25, -0.2) is 0 Å². The van der Waals surface area contributed by atoms with Crippen LogP contribution in [0.1, 0.15) is 15.9 Å². The monoisotopic (exact) mass is 269 g/mol. The molecule has 1 aliphatic heterocycles. The van der Waals surface area contributed by atoms with Crippen molar-refractivity contribution in [3.8, 4) is 11.5 Å². The average Bonchev–Trinajstić information content (AvgIpc) is 2.51. The summed E-state index contributed by atoms with van der Waals surface area (Å²) >= 11 is 0. The van der Waals surface area contributed by atoms with Crippen LogP contribution in [-0.2, 0) is 6.54 Å². The van der Waals surface area contributed by atoms with Crippen LogP contribution in [-0.4, -0.2) is 24.6 Å². The van der Waals surface area contributed by atoms with E-state index < -0.39 is 0 Å². The second-order valence-electron chi connectivity index (χ2n) is 4.62. The van der Waals surface area contributed by atoms with Crippen molar-refractivity contribution < 1.29 is 14.3 Å². The van der Waals surface area contributed by atoms with Crippen molar-refractivity contribution in [1.29, 1.82) is 0 Å². The van der Waals surface area contributed by atoms with Crippen LogP contribution >= 0.6 is 0 Å². The van der Waals surface area contributed by atoms with Gasteiger partial charge >= 0.3 is 0 Å². The van der Waals surface area contributed by atoms with Crippen molar-refractivity contribution in [2.24, 2.45) is 0 Å². The molecule has 4 nitrogen and oxygen atoms in total. The molecule has 1 aliphatic rings. The average molecular weight is 269 g/mol. The molecule has 0 radical (unpaired) electrons. The lowest BCUT2D eigenvalue weighted by molar-refractivity contribution is 0.0499. The second-order valence-corrected chi connectivity index (χ2v) is 4.62. The van der Waals surface area contributed by atoms with Gasteiger partial charge in [-0.2, -0.15) is 0 Å². The summed E-state index contributed by atoms with van der Waals surface area (Å²) in [6, 6.07) is 15.0. The van der Waals surface area contributed by atoms with Crippen molar-refractivity contribution >= 4 is 5.91 Å². The molecule has 102 valence electrons. The van der Waals surface area contributed by atoms with E-state index in [1.807, 2.05) is 42.5 Å². The van der Waals surface area contributed by atoms with Crippen molar-refractivity contribution in [1.82, 2.24) is 4.90 Å². The fourth-order valence-corrected chi connectivity index (χ4v) is 2.21. The molecule has 0 N–H and O–H groups in total. The van der Waals surface area contributed by atoms with Crippen molar-refractivity contribution in [2.75, 3.05) is 13.8 Å². The van der Waals surface area contributed by atoms with Crippen LogP contribution in [0.3, 0.4) is 0 Å². The number of para-hydroxylation sites is 1. The summed E-state index contributed by atoms with van der Waals surface area (Å²) in [5.74, 6) is 1.46. The van der Waals surface area contributed by atoms with Crippen LogP contribution in [0.2, 0.25) is 0 Å². The Hall–Kier alpha value is -2.49. The molecule has 0 atom stereocenters. The van der Waals surface area contributed by atoms with Gasteiger partial charge in [0.05, 0.1) is 12.7 Å².